The molecule has 8 heteroatoms. The highest BCUT2D eigenvalue weighted by molar-refractivity contribution is 5.89. The highest BCUT2D eigenvalue weighted by Crippen LogP contribution is 2.29. The van der Waals surface area contributed by atoms with Gasteiger partial charge in [0.15, 0.2) is 12.3 Å². The molecule has 2 aromatic heterocycles. The lowest BCUT2D eigenvalue weighted by Crippen LogP contribution is -2.36. The van der Waals surface area contributed by atoms with Gasteiger partial charge in [0.05, 0.1) is 5.69 Å². The van der Waals surface area contributed by atoms with Crippen LogP contribution >= 0.6 is 0 Å². The van der Waals surface area contributed by atoms with Gasteiger partial charge >= 0.3 is 0 Å². The quantitative estimate of drug-likeness (QED) is 0.501. The van der Waals surface area contributed by atoms with E-state index >= 15 is 0 Å². The molecule has 4 rings (SSSR count). The number of pyridine rings is 1. The lowest BCUT2D eigenvalue weighted by molar-refractivity contribution is -0.123. The van der Waals surface area contributed by atoms with Crippen LogP contribution in [0.1, 0.15) is 31.7 Å². The van der Waals surface area contributed by atoms with Crippen molar-refractivity contribution in [2.75, 3.05) is 38.6 Å². The maximum atomic E-state index is 11.7. The first kappa shape index (κ1) is 22.1. The number of aromatic nitrogens is 3. The van der Waals surface area contributed by atoms with E-state index in [0.29, 0.717) is 24.0 Å². The largest absolute Gasteiger partial charge is 0.484 e. The van der Waals surface area contributed by atoms with E-state index in [1.54, 1.807) is 0 Å². The predicted molar refractivity (Wildman–Crippen MR) is 127 cm³/mol. The van der Waals surface area contributed by atoms with Gasteiger partial charge in [0.1, 0.15) is 17.1 Å². The van der Waals surface area contributed by atoms with Crippen LogP contribution < -0.4 is 15.4 Å². The van der Waals surface area contributed by atoms with Crippen molar-refractivity contribution in [3.05, 3.63) is 36.0 Å². The van der Waals surface area contributed by atoms with Gasteiger partial charge in [0.2, 0.25) is 0 Å². The van der Waals surface area contributed by atoms with Crippen LogP contribution in [0.3, 0.4) is 0 Å². The summed E-state index contributed by atoms with van der Waals surface area (Å²) in [5.41, 5.74) is 4.77. The average Bonchev–Trinajstić information content (AvgIpc) is 3.24. The van der Waals surface area contributed by atoms with Crippen molar-refractivity contribution in [3.63, 3.8) is 0 Å². The molecular weight excluding hydrogens is 404 g/mol. The average molecular weight is 437 g/mol. The number of rotatable bonds is 8. The highest BCUT2D eigenvalue weighted by Gasteiger charge is 2.19. The molecule has 0 atom stereocenters. The molecule has 3 aromatic rings. The van der Waals surface area contributed by atoms with E-state index in [9.17, 15) is 4.79 Å². The number of H-pyrrole nitrogens is 1. The molecule has 8 nitrogen and oxygen atoms in total. The van der Waals surface area contributed by atoms with Crippen LogP contribution in [0.2, 0.25) is 0 Å². The van der Waals surface area contributed by atoms with E-state index in [1.807, 2.05) is 37.4 Å². The number of imidazole rings is 1. The Kier molecular flexibility index (Phi) is 6.90. The number of ether oxygens (including phenoxy) is 1. The predicted octanol–water partition coefficient (Wildman–Crippen LogP) is 3.34. The van der Waals surface area contributed by atoms with Crippen LogP contribution in [0.25, 0.3) is 22.6 Å². The van der Waals surface area contributed by atoms with Gasteiger partial charge in [-0.2, -0.15) is 0 Å². The SMILES string of the molecule is CCCNC(=O)COc1ccc(-c2nc3ncc(C)c(NC4CCN(C)CC4)c3[nH]2)cc1. The Morgan fingerprint density at radius 2 is 2.00 bits per heavy atom. The maximum Gasteiger partial charge on any atom is 0.257 e. The topological polar surface area (TPSA) is 95.2 Å². The standard InChI is InChI=1S/C24H32N6O2/c1-4-11-25-20(31)15-32-19-7-5-17(6-8-19)23-28-22-21(16(2)14-26-24(22)29-23)27-18-9-12-30(3)13-10-18/h5-8,14,18H,4,9-13,15H2,1-3H3,(H,25,31)(H2,26,27,28,29). The van der Waals surface area contributed by atoms with Crippen molar-refractivity contribution in [1.29, 1.82) is 0 Å². The first-order valence-electron chi connectivity index (χ1n) is 11.3. The van der Waals surface area contributed by atoms with E-state index < -0.39 is 0 Å². The van der Waals surface area contributed by atoms with Crippen LogP contribution in [0.4, 0.5) is 5.69 Å². The Hall–Kier alpha value is -3.13. The normalized spacial score (nSPS) is 15.1. The third-order valence-corrected chi connectivity index (χ3v) is 5.85. The third kappa shape index (κ3) is 5.19. The molecule has 1 aliphatic heterocycles. The molecule has 1 fully saturated rings. The summed E-state index contributed by atoms with van der Waals surface area (Å²) in [6.45, 7) is 6.98. The van der Waals surface area contributed by atoms with Gasteiger partial charge in [-0.05, 0) is 76.2 Å². The van der Waals surface area contributed by atoms with E-state index in [0.717, 1.165) is 60.5 Å². The number of nitrogens with one attached hydrogen (secondary N) is 3. The number of anilines is 1. The minimum absolute atomic E-state index is 0.0131. The van der Waals surface area contributed by atoms with Crippen LogP contribution in [0.15, 0.2) is 30.5 Å². The van der Waals surface area contributed by atoms with Crippen LogP contribution in [0.5, 0.6) is 5.75 Å². The summed E-state index contributed by atoms with van der Waals surface area (Å²) < 4.78 is 5.57. The summed E-state index contributed by atoms with van der Waals surface area (Å²) in [5, 5.41) is 6.53. The molecule has 0 radical (unpaired) electrons. The number of fused-ring (bicyclic) bond motifs is 1. The molecule has 0 saturated carbocycles. The van der Waals surface area contributed by atoms with Gasteiger partial charge < -0.3 is 25.3 Å². The van der Waals surface area contributed by atoms with Gasteiger partial charge in [-0.3, -0.25) is 4.79 Å². The van der Waals surface area contributed by atoms with Crippen LogP contribution in [-0.2, 0) is 4.79 Å². The fourth-order valence-corrected chi connectivity index (χ4v) is 3.90. The molecule has 1 amide bonds. The highest BCUT2D eigenvalue weighted by atomic mass is 16.5. The summed E-state index contributed by atoms with van der Waals surface area (Å²) in [7, 11) is 2.17. The van der Waals surface area contributed by atoms with Crippen molar-refractivity contribution in [2.45, 2.75) is 39.2 Å². The summed E-state index contributed by atoms with van der Waals surface area (Å²) in [6.07, 6.45) is 5.03. The van der Waals surface area contributed by atoms with Crippen molar-refractivity contribution < 1.29 is 9.53 Å². The van der Waals surface area contributed by atoms with Crippen molar-refractivity contribution in [2.24, 2.45) is 0 Å². The Balaban J connectivity index is 1.48. The summed E-state index contributed by atoms with van der Waals surface area (Å²) in [5.74, 6) is 1.30. The van der Waals surface area contributed by atoms with Gasteiger partial charge in [-0.15, -0.1) is 0 Å². The van der Waals surface area contributed by atoms with E-state index in [4.69, 9.17) is 9.72 Å². The maximum absolute atomic E-state index is 11.7. The lowest BCUT2D eigenvalue weighted by atomic mass is 10.0. The van der Waals surface area contributed by atoms with E-state index in [2.05, 4.69) is 39.5 Å². The Morgan fingerprint density at radius 3 is 2.72 bits per heavy atom. The lowest BCUT2D eigenvalue weighted by Gasteiger charge is -2.30. The summed E-state index contributed by atoms with van der Waals surface area (Å²) >= 11 is 0. The summed E-state index contributed by atoms with van der Waals surface area (Å²) in [6, 6.07) is 8.04. The van der Waals surface area contributed by atoms with Crippen molar-refractivity contribution in [1.82, 2.24) is 25.2 Å². The molecule has 3 N–H and O–H groups in total. The molecule has 1 aromatic carbocycles. The molecule has 170 valence electrons. The zero-order chi connectivity index (χ0) is 22.5. The fraction of sp³-hybridized carbons (Fsp3) is 0.458. The fourth-order valence-electron chi connectivity index (χ4n) is 3.90. The number of hydrogen-bond acceptors (Lipinski definition) is 6. The van der Waals surface area contributed by atoms with Gasteiger partial charge in [0.25, 0.3) is 5.91 Å². The summed E-state index contributed by atoms with van der Waals surface area (Å²) in [4.78, 5) is 26.8. The molecule has 0 unspecified atom stereocenters. The monoisotopic (exact) mass is 436 g/mol. The number of aryl methyl sites for hydroxylation is 1. The Morgan fingerprint density at radius 1 is 1.25 bits per heavy atom. The zero-order valence-electron chi connectivity index (χ0n) is 19.1. The molecule has 0 aliphatic carbocycles. The number of nitrogens with zero attached hydrogens (tertiary/aromatic N) is 3. The molecule has 0 spiro atoms. The van der Waals surface area contributed by atoms with E-state index in [1.165, 1.54) is 0 Å². The van der Waals surface area contributed by atoms with E-state index in [-0.39, 0.29) is 12.5 Å². The third-order valence-electron chi connectivity index (χ3n) is 5.85. The van der Waals surface area contributed by atoms with Crippen LogP contribution in [0, 0.1) is 6.92 Å². The number of benzene rings is 1. The smallest absolute Gasteiger partial charge is 0.257 e. The Bertz CT molecular complexity index is 1050. The number of likely N-dealkylation sites (tertiary alicyclic amines) is 1. The molecular formula is C24H32N6O2. The van der Waals surface area contributed by atoms with Gasteiger partial charge in [-0.25, -0.2) is 9.97 Å². The number of amides is 1. The number of carbonyl (C=O) groups is 1. The minimum atomic E-state index is -0.112. The number of piperidine rings is 1. The second kappa shape index (κ2) is 9.99. The first-order chi connectivity index (χ1) is 15.5. The van der Waals surface area contributed by atoms with Crippen LogP contribution in [-0.4, -0.2) is 65.1 Å². The second-order valence-electron chi connectivity index (χ2n) is 8.49. The van der Waals surface area contributed by atoms with Gasteiger partial charge in [-0.1, -0.05) is 6.92 Å². The molecule has 32 heavy (non-hydrogen) atoms. The first-order valence-corrected chi connectivity index (χ1v) is 11.3. The zero-order valence-corrected chi connectivity index (χ0v) is 19.1. The Labute approximate surface area is 188 Å². The second-order valence-corrected chi connectivity index (χ2v) is 8.49. The number of carbonyl (C=O) groups excluding carboxylic acids is 1. The molecule has 3 heterocycles. The van der Waals surface area contributed by atoms with Crippen molar-refractivity contribution >= 4 is 22.8 Å². The molecule has 0 bridgehead atoms. The van der Waals surface area contributed by atoms with Crippen molar-refractivity contribution in [3.8, 4) is 17.1 Å². The molecule has 1 aliphatic rings. The number of aromatic amines is 1. The number of hydrogen-bond donors (Lipinski definition) is 3. The minimum Gasteiger partial charge on any atom is -0.484 e. The molecule has 1 saturated heterocycles. The van der Waals surface area contributed by atoms with Gasteiger partial charge in [0, 0.05) is 24.3 Å².